The van der Waals surface area contributed by atoms with Crippen LogP contribution < -0.4 is 5.32 Å². The van der Waals surface area contributed by atoms with E-state index in [9.17, 15) is 13.5 Å². The molecule has 2 N–H and O–H groups in total. The number of nitrogens with one attached hydrogen (secondary N) is 1. The van der Waals surface area contributed by atoms with Gasteiger partial charge in [-0.2, -0.15) is 0 Å². The highest BCUT2D eigenvalue weighted by atomic mass is 32.2. The highest BCUT2D eigenvalue weighted by Crippen LogP contribution is 2.18. The maximum atomic E-state index is 11.3. The summed E-state index contributed by atoms with van der Waals surface area (Å²) in [6.07, 6.45) is 1.26. The summed E-state index contributed by atoms with van der Waals surface area (Å²) in [7, 11) is -2.83. The zero-order chi connectivity index (χ0) is 13.0. The van der Waals surface area contributed by atoms with E-state index in [4.69, 9.17) is 0 Å². The van der Waals surface area contributed by atoms with E-state index < -0.39 is 9.84 Å². The topological polar surface area (TPSA) is 66.4 Å². The maximum Gasteiger partial charge on any atom is 0.150 e. The first kappa shape index (κ1) is 13.5. The predicted octanol–water partition coefficient (Wildman–Crippen LogP) is 0.887. The van der Waals surface area contributed by atoms with Crippen molar-refractivity contribution in [2.75, 3.05) is 18.1 Å². The zero-order valence-corrected chi connectivity index (χ0v) is 11.1. The minimum atomic E-state index is -2.83. The molecule has 2 rings (SSSR count). The average molecular weight is 269 g/mol. The average Bonchev–Trinajstić information content (AvgIpc) is 2.39. The molecule has 1 aromatic carbocycles. The molecule has 1 saturated heterocycles. The normalized spacial score (nSPS) is 21.6. The summed E-state index contributed by atoms with van der Waals surface area (Å²) in [4.78, 5) is 0. The summed E-state index contributed by atoms with van der Waals surface area (Å²) in [5, 5.41) is 12.8. The quantitative estimate of drug-likeness (QED) is 0.852. The van der Waals surface area contributed by atoms with Crippen molar-refractivity contribution in [1.82, 2.24) is 5.32 Å². The molecule has 0 saturated carbocycles. The summed E-state index contributed by atoms with van der Waals surface area (Å²) >= 11 is 0. The molecule has 1 fully saturated rings. The zero-order valence-electron chi connectivity index (χ0n) is 10.2. The standard InChI is InChI=1S/C13H19NO3S/c15-10-13(11-4-2-1-3-5-11)14-12-6-8-18(16,17)9-7-12/h1-5,12-15H,6-10H2/t13-/m1/s1. The molecule has 1 aromatic rings. The largest absolute Gasteiger partial charge is 0.394 e. The molecule has 100 valence electrons. The van der Waals surface area contributed by atoms with Gasteiger partial charge in [0.15, 0.2) is 0 Å². The molecule has 1 aliphatic heterocycles. The van der Waals surface area contributed by atoms with E-state index >= 15 is 0 Å². The van der Waals surface area contributed by atoms with Crippen LogP contribution in [0.15, 0.2) is 30.3 Å². The van der Waals surface area contributed by atoms with E-state index in [1.165, 1.54) is 0 Å². The first-order chi connectivity index (χ1) is 8.61. The third-order valence-electron chi connectivity index (χ3n) is 3.38. The van der Waals surface area contributed by atoms with Gasteiger partial charge in [-0.15, -0.1) is 0 Å². The van der Waals surface area contributed by atoms with Gasteiger partial charge in [0.1, 0.15) is 9.84 Å². The van der Waals surface area contributed by atoms with Crippen LogP contribution in [0.5, 0.6) is 0 Å². The smallest absolute Gasteiger partial charge is 0.150 e. The van der Waals surface area contributed by atoms with Gasteiger partial charge in [-0.05, 0) is 18.4 Å². The Balaban J connectivity index is 1.96. The number of aliphatic hydroxyl groups is 1. The van der Waals surface area contributed by atoms with Crippen molar-refractivity contribution in [3.63, 3.8) is 0 Å². The Hall–Kier alpha value is -0.910. The number of rotatable bonds is 4. The van der Waals surface area contributed by atoms with Crippen LogP contribution in [0, 0.1) is 0 Å². The second-order valence-electron chi connectivity index (χ2n) is 4.74. The third-order valence-corrected chi connectivity index (χ3v) is 5.09. The van der Waals surface area contributed by atoms with E-state index in [0.717, 1.165) is 5.56 Å². The number of hydrogen-bond donors (Lipinski definition) is 2. The van der Waals surface area contributed by atoms with Crippen LogP contribution in [-0.4, -0.2) is 37.7 Å². The Morgan fingerprint density at radius 2 is 1.83 bits per heavy atom. The predicted molar refractivity (Wildman–Crippen MR) is 71.1 cm³/mol. The van der Waals surface area contributed by atoms with E-state index in [-0.39, 0.29) is 30.2 Å². The summed E-state index contributed by atoms with van der Waals surface area (Å²) < 4.78 is 22.7. The van der Waals surface area contributed by atoms with Gasteiger partial charge < -0.3 is 10.4 Å². The van der Waals surface area contributed by atoms with Crippen molar-refractivity contribution in [3.05, 3.63) is 35.9 Å². The minimum Gasteiger partial charge on any atom is -0.394 e. The van der Waals surface area contributed by atoms with Crippen molar-refractivity contribution in [1.29, 1.82) is 0 Å². The van der Waals surface area contributed by atoms with Crippen LogP contribution in [0.1, 0.15) is 24.4 Å². The second kappa shape index (κ2) is 5.82. The molecule has 0 aromatic heterocycles. The SMILES string of the molecule is O=S1(=O)CCC(N[C@H](CO)c2ccccc2)CC1. The summed E-state index contributed by atoms with van der Waals surface area (Å²) in [6.45, 7) is 0.0211. The van der Waals surface area contributed by atoms with E-state index in [1.54, 1.807) is 0 Å². The molecule has 0 unspecified atom stereocenters. The molecule has 1 aliphatic rings. The fraction of sp³-hybridized carbons (Fsp3) is 0.538. The van der Waals surface area contributed by atoms with Crippen molar-refractivity contribution in [2.24, 2.45) is 0 Å². The number of hydrogen-bond acceptors (Lipinski definition) is 4. The maximum absolute atomic E-state index is 11.3. The lowest BCUT2D eigenvalue weighted by Crippen LogP contribution is -2.40. The molecule has 0 radical (unpaired) electrons. The number of aliphatic hydroxyl groups excluding tert-OH is 1. The molecular formula is C13H19NO3S. The lowest BCUT2D eigenvalue weighted by Gasteiger charge is -2.27. The summed E-state index contributed by atoms with van der Waals surface area (Å²) in [5.41, 5.74) is 1.04. The van der Waals surface area contributed by atoms with Gasteiger partial charge >= 0.3 is 0 Å². The number of sulfone groups is 1. The van der Waals surface area contributed by atoms with Crippen molar-refractivity contribution in [3.8, 4) is 0 Å². The van der Waals surface area contributed by atoms with Gasteiger partial charge in [0, 0.05) is 6.04 Å². The molecule has 0 bridgehead atoms. The van der Waals surface area contributed by atoms with E-state index in [2.05, 4.69) is 5.32 Å². The van der Waals surface area contributed by atoms with Gasteiger partial charge in [0.05, 0.1) is 24.2 Å². The first-order valence-electron chi connectivity index (χ1n) is 6.23. The Labute approximate surface area is 108 Å². The molecule has 1 heterocycles. The Bertz CT molecular complexity index is 458. The molecule has 4 nitrogen and oxygen atoms in total. The van der Waals surface area contributed by atoms with Crippen LogP contribution in [-0.2, 0) is 9.84 Å². The van der Waals surface area contributed by atoms with Crippen molar-refractivity contribution < 1.29 is 13.5 Å². The molecule has 0 aliphatic carbocycles. The molecule has 18 heavy (non-hydrogen) atoms. The van der Waals surface area contributed by atoms with Gasteiger partial charge in [0.2, 0.25) is 0 Å². The first-order valence-corrected chi connectivity index (χ1v) is 8.05. The minimum absolute atomic E-state index is 0.0211. The van der Waals surface area contributed by atoms with Gasteiger partial charge in [-0.25, -0.2) is 8.42 Å². The summed E-state index contributed by atoms with van der Waals surface area (Å²) in [5.74, 6) is 0.495. The molecule has 1 atom stereocenters. The van der Waals surface area contributed by atoms with Gasteiger partial charge in [0.25, 0.3) is 0 Å². The van der Waals surface area contributed by atoms with Crippen molar-refractivity contribution in [2.45, 2.75) is 24.9 Å². The fourth-order valence-corrected chi connectivity index (χ4v) is 3.77. The van der Waals surface area contributed by atoms with Gasteiger partial charge in [-0.3, -0.25) is 0 Å². The van der Waals surface area contributed by atoms with Crippen molar-refractivity contribution >= 4 is 9.84 Å². The van der Waals surface area contributed by atoms with E-state index in [0.29, 0.717) is 12.8 Å². The monoisotopic (exact) mass is 269 g/mol. The second-order valence-corrected chi connectivity index (χ2v) is 7.04. The highest BCUT2D eigenvalue weighted by molar-refractivity contribution is 7.91. The Kier molecular flexibility index (Phi) is 4.37. The number of benzene rings is 1. The highest BCUT2D eigenvalue weighted by Gasteiger charge is 2.25. The van der Waals surface area contributed by atoms with Crippen LogP contribution >= 0.6 is 0 Å². The van der Waals surface area contributed by atoms with Crippen LogP contribution in [0.4, 0.5) is 0 Å². The lowest BCUT2D eigenvalue weighted by atomic mass is 10.0. The summed E-state index contributed by atoms with van der Waals surface area (Å²) in [6, 6.07) is 9.80. The Morgan fingerprint density at radius 3 is 2.39 bits per heavy atom. The third kappa shape index (κ3) is 3.54. The van der Waals surface area contributed by atoms with Crippen LogP contribution in [0.2, 0.25) is 0 Å². The lowest BCUT2D eigenvalue weighted by molar-refractivity contribution is 0.229. The molecule has 0 amide bonds. The fourth-order valence-electron chi connectivity index (χ4n) is 2.28. The van der Waals surface area contributed by atoms with Gasteiger partial charge in [-0.1, -0.05) is 30.3 Å². The molecule has 5 heteroatoms. The van der Waals surface area contributed by atoms with Crippen LogP contribution in [0.25, 0.3) is 0 Å². The Morgan fingerprint density at radius 1 is 1.22 bits per heavy atom. The molecular weight excluding hydrogens is 250 g/mol. The van der Waals surface area contributed by atoms with Crippen LogP contribution in [0.3, 0.4) is 0 Å². The van der Waals surface area contributed by atoms with E-state index in [1.807, 2.05) is 30.3 Å². The molecule has 0 spiro atoms.